The highest BCUT2D eigenvalue weighted by atomic mass is 32.2. The molecule has 2 fully saturated rings. The highest BCUT2D eigenvalue weighted by Gasteiger charge is 2.44. The van der Waals surface area contributed by atoms with Crippen LogP contribution in [-0.4, -0.2) is 70.9 Å². The number of carbonyl (C=O) groups excluding carboxylic acids is 3. The van der Waals surface area contributed by atoms with Crippen LogP contribution in [0.5, 0.6) is 0 Å². The second-order valence-electron chi connectivity index (χ2n) is 11.0. The van der Waals surface area contributed by atoms with E-state index in [9.17, 15) is 14.4 Å². The van der Waals surface area contributed by atoms with Gasteiger partial charge in [-0.25, -0.2) is 4.79 Å². The summed E-state index contributed by atoms with van der Waals surface area (Å²) in [4.78, 5) is 41.2. The molecule has 3 amide bonds. The molecule has 37 heavy (non-hydrogen) atoms. The van der Waals surface area contributed by atoms with Gasteiger partial charge in [0, 0.05) is 23.8 Å². The Labute approximate surface area is 227 Å². The number of nitrogens with one attached hydrogen (secondary N) is 3. The number of likely N-dealkylation sites (tertiary alicyclic amines) is 1. The molecule has 2 atom stereocenters. The van der Waals surface area contributed by atoms with Crippen molar-refractivity contribution < 1.29 is 19.1 Å². The van der Waals surface area contributed by atoms with Crippen LogP contribution in [0.3, 0.4) is 0 Å². The lowest BCUT2D eigenvalue weighted by molar-refractivity contribution is -0.140. The van der Waals surface area contributed by atoms with Crippen molar-refractivity contribution in [1.82, 2.24) is 15.5 Å². The molecule has 1 saturated carbocycles. The summed E-state index contributed by atoms with van der Waals surface area (Å²) in [5, 5.41) is 13.6. The lowest BCUT2D eigenvalue weighted by atomic mass is 9.81. The molecule has 0 aromatic heterocycles. The standard InChI is InChI=1S/C27H49N5O4S/c1-5-7-8-17-37-27(3,4)22(31-26(35)36-16-6-2)25(34)32-15-9-10-21(32)24(33)30-18-19-11-13-20(14-12-19)23(28)29/h19-22H,5-18H2,1-4H3,(H3,28,29)(H,30,33)(H,31,35)/t19?,20?,21-,22-/m0/s1. The molecular weight excluding hydrogens is 490 g/mol. The van der Waals surface area contributed by atoms with Crippen molar-refractivity contribution >= 4 is 35.5 Å². The van der Waals surface area contributed by atoms with Crippen LogP contribution in [0.15, 0.2) is 0 Å². The van der Waals surface area contributed by atoms with E-state index in [2.05, 4.69) is 17.6 Å². The number of nitrogens with zero attached hydrogens (tertiary/aromatic N) is 1. The maximum atomic E-state index is 13.8. The van der Waals surface area contributed by atoms with Crippen molar-refractivity contribution in [3.8, 4) is 0 Å². The Morgan fingerprint density at radius 3 is 2.43 bits per heavy atom. The first-order valence-corrected chi connectivity index (χ1v) is 15.1. The fourth-order valence-corrected chi connectivity index (χ4v) is 6.37. The highest BCUT2D eigenvalue weighted by Crippen LogP contribution is 2.32. The van der Waals surface area contributed by atoms with E-state index in [1.54, 1.807) is 16.7 Å². The van der Waals surface area contributed by atoms with Gasteiger partial charge in [-0.15, -0.1) is 0 Å². The Balaban J connectivity index is 2.03. The van der Waals surface area contributed by atoms with Crippen LogP contribution in [0.25, 0.3) is 0 Å². The van der Waals surface area contributed by atoms with Crippen molar-refractivity contribution in [1.29, 1.82) is 5.41 Å². The second-order valence-corrected chi connectivity index (χ2v) is 12.7. The van der Waals surface area contributed by atoms with Crippen LogP contribution in [0.2, 0.25) is 0 Å². The maximum absolute atomic E-state index is 13.8. The topological polar surface area (TPSA) is 138 Å². The number of amidine groups is 1. The molecule has 0 unspecified atom stereocenters. The molecule has 5 N–H and O–H groups in total. The minimum atomic E-state index is -0.793. The van der Waals surface area contributed by atoms with Gasteiger partial charge in [0.1, 0.15) is 12.1 Å². The van der Waals surface area contributed by atoms with E-state index in [1.165, 1.54) is 0 Å². The number of amides is 3. The molecular formula is C27H49N5O4S. The molecule has 9 nitrogen and oxygen atoms in total. The molecule has 212 valence electrons. The number of carbonyl (C=O) groups is 3. The second kappa shape index (κ2) is 15.4. The van der Waals surface area contributed by atoms with Gasteiger partial charge >= 0.3 is 6.09 Å². The van der Waals surface area contributed by atoms with E-state index in [0.717, 1.165) is 57.1 Å². The third-order valence-electron chi connectivity index (χ3n) is 7.55. The summed E-state index contributed by atoms with van der Waals surface area (Å²) in [6.45, 7) is 9.41. The SMILES string of the molecule is CCCCCSC(C)(C)[C@@H](NC(=O)OCCC)C(=O)N1CCC[C@H]1C(=O)NCC1CCC(C(=N)N)CC1. The first-order valence-electron chi connectivity index (χ1n) is 14.1. The summed E-state index contributed by atoms with van der Waals surface area (Å²) >= 11 is 1.68. The van der Waals surface area contributed by atoms with Gasteiger partial charge in [-0.2, -0.15) is 11.8 Å². The number of nitrogens with two attached hydrogens (primary N) is 1. The summed E-state index contributed by atoms with van der Waals surface area (Å²) in [5.74, 6) is 1.33. The number of ether oxygens (including phenoxy) is 1. The smallest absolute Gasteiger partial charge is 0.407 e. The Morgan fingerprint density at radius 2 is 1.81 bits per heavy atom. The van der Waals surface area contributed by atoms with Crippen molar-refractivity contribution in [2.45, 2.75) is 109 Å². The molecule has 0 bridgehead atoms. The van der Waals surface area contributed by atoms with Gasteiger partial charge in [-0.05, 0) is 76.9 Å². The largest absolute Gasteiger partial charge is 0.450 e. The average Bonchev–Trinajstić information content (AvgIpc) is 3.37. The molecule has 10 heteroatoms. The monoisotopic (exact) mass is 539 g/mol. The zero-order valence-corrected chi connectivity index (χ0v) is 24.1. The first-order chi connectivity index (χ1) is 17.6. The first kappa shape index (κ1) is 31.2. The lowest BCUT2D eigenvalue weighted by Gasteiger charge is -2.37. The molecule has 2 rings (SSSR count). The average molecular weight is 540 g/mol. The molecule has 0 aromatic carbocycles. The minimum absolute atomic E-state index is 0.125. The predicted molar refractivity (Wildman–Crippen MR) is 150 cm³/mol. The predicted octanol–water partition coefficient (Wildman–Crippen LogP) is 4.04. The Bertz CT molecular complexity index is 770. The fourth-order valence-electron chi connectivity index (χ4n) is 5.17. The lowest BCUT2D eigenvalue weighted by Crippen LogP contribution is -2.60. The van der Waals surface area contributed by atoms with Crippen LogP contribution >= 0.6 is 11.8 Å². The van der Waals surface area contributed by atoms with E-state index in [4.69, 9.17) is 15.9 Å². The highest BCUT2D eigenvalue weighted by molar-refractivity contribution is 8.00. The van der Waals surface area contributed by atoms with E-state index in [1.807, 2.05) is 20.8 Å². The van der Waals surface area contributed by atoms with Crippen LogP contribution in [0.1, 0.15) is 91.9 Å². The van der Waals surface area contributed by atoms with Crippen molar-refractivity contribution in [3.05, 3.63) is 0 Å². The van der Waals surface area contributed by atoms with E-state index < -0.39 is 22.9 Å². The number of hydrogen-bond donors (Lipinski definition) is 4. The van der Waals surface area contributed by atoms with Crippen molar-refractivity contribution in [3.63, 3.8) is 0 Å². The zero-order valence-electron chi connectivity index (χ0n) is 23.3. The fraction of sp³-hybridized carbons (Fsp3) is 0.852. The Kier molecular flexibility index (Phi) is 13.0. The number of unbranched alkanes of at least 4 members (excludes halogenated alkanes) is 2. The van der Waals surface area contributed by atoms with Crippen LogP contribution in [0.4, 0.5) is 4.79 Å². The normalized spacial score (nSPS) is 22.8. The minimum Gasteiger partial charge on any atom is -0.450 e. The molecule has 2 aliphatic rings. The van der Waals surface area contributed by atoms with Gasteiger partial charge in [0.2, 0.25) is 11.8 Å². The van der Waals surface area contributed by atoms with Crippen molar-refractivity contribution in [2.75, 3.05) is 25.4 Å². The van der Waals surface area contributed by atoms with Gasteiger partial charge in [0.15, 0.2) is 0 Å². The third-order valence-corrected chi connectivity index (χ3v) is 9.03. The molecule has 1 aliphatic carbocycles. The van der Waals surface area contributed by atoms with Gasteiger partial charge in [0.25, 0.3) is 0 Å². The van der Waals surface area contributed by atoms with Gasteiger partial charge in [-0.1, -0.05) is 26.7 Å². The quantitative estimate of drug-likeness (QED) is 0.149. The van der Waals surface area contributed by atoms with Gasteiger partial charge < -0.3 is 26.0 Å². The van der Waals surface area contributed by atoms with E-state index in [0.29, 0.717) is 38.5 Å². The maximum Gasteiger partial charge on any atom is 0.407 e. The van der Waals surface area contributed by atoms with Crippen molar-refractivity contribution in [2.24, 2.45) is 17.6 Å². The Hall–Kier alpha value is -1.97. The van der Waals surface area contributed by atoms with Crippen LogP contribution in [0, 0.1) is 17.2 Å². The molecule has 0 radical (unpaired) electrons. The summed E-state index contributed by atoms with van der Waals surface area (Å²) in [7, 11) is 0. The summed E-state index contributed by atoms with van der Waals surface area (Å²) < 4.78 is 4.68. The number of thioether (sulfide) groups is 1. The van der Waals surface area contributed by atoms with E-state index in [-0.39, 0.29) is 23.6 Å². The molecule has 1 aliphatic heterocycles. The number of hydrogen-bond acceptors (Lipinski definition) is 6. The third kappa shape index (κ3) is 9.69. The summed E-state index contributed by atoms with van der Waals surface area (Å²) in [5.41, 5.74) is 5.65. The molecule has 1 saturated heterocycles. The molecule has 0 aromatic rings. The summed E-state index contributed by atoms with van der Waals surface area (Å²) in [6, 6.07) is -1.32. The zero-order chi connectivity index (χ0) is 27.4. The number of rotatable bonds is 14. The Morgan fingerprint density at radius 1 is 1.11 bits per heavy atom. The van der Waals surface area contributed by atoms with E-state index >= 15 is 0 Å². The van der Waals surface area contributed by atoms with Gasteiger partial charge in [0.05, 0.1) is 12.4 Å². The van der Waals surface area contributed by atoms with Crippen LogP contribution < -0.4 is 16.4 Å². The molecule has 1 heterocycles. The number of alkyl carbamates (subject to hydrolysis) is 1. The summed E-state index contributed by atoms with van der Waals surface area (Å²) in [6.07, 6.45) is 8.42. The molecule has 0 spiro atoms. The van der Waals surface area contributed by atoms with Gasteiger partial charge in [-0.3, -0.25) is 15.0 Å². The van der Waals surface area contributed by atoms with Crippen LogP contribution in [-0.2, 0) is 14.3 Å².